The summed E-state index contributed by atoms with van der Waals surface area (Å²) in [4.78, 5) is 10.1. The van der Waals surface area contributed by atoms with Gasteiger partial charge >= 0.3 is 0 Å². The first-order valence-corrected chi connectivity index (χ1v) is 17.3. The molecule has 0 aliphatic rings. The van der Waals surface area contributed by atoms with E-state index in [4.69, 9.17) is 9.97 Å². The summed E-state index contributed by atoms with van der Waals surface area (Å²) in [7, 11) is 0. The third kappa shape index (κ3) is 5.06. The topological polar surface area (TPSA) is 30.7 Å². The summed E-state index contributed by atoms with van der Waals surface area (Å²) >= 11 is 0. The van der Waals surface area contributed by atoms with Crippen LogP contribution in [0.5, 0.6) is 0 Å². The van der Waals surface area contributed by atoms with Crippen LogP contribution in [0.3, 0.4) is 0 Å². The molecule has 51 heavy (non-hydrogen) atoms. The first kappa shape index (κ1) is 29.1. The summed E-state index contributed by atoms with van der Waals surface area (Å²) in [5.41, 5.74) is 10.8. The number of nitrogens with zero attached hydrogens (tertiary/aromatic N) is 3. The number of rotatable bonds is 5. The Morgan fingerprint density at radius 2 is 0.902 bits per heavy atom. The molecule has 10 rings (SSSR count). The Kier molecular flexibility index (Phi) is 6.81. The van der Waals surface area contributed by atoms with E-state index in [0.717, 1.165) is 33.8 Å². The van der Waals surface area contributed by atoms with Crippen LogP contribution in [0.2, 0.25) is 0 Å². The molecule has 10 aromatic rings. The number of hydrogen-bond donors (Lipinski definition) is 0. The Balaban J connectivity index is 1.08. The van der Waals surface area contributed by atoms with Gasteiger partial charge in [0.1, 0.15) is 0 Å². The monoisotopic (exact) mass is 649 g/mol. The molecule has 0 saturated carbocycles. The van der Waals surface area contributed by atoms with Crippen molar-refractivity contribution in [3.8, 4) is 50.7 Å². The second kappa shape index (κ2) is 11.9. The molecule has 3 heteroatoms. The molecule has 0 N–H and O–H groups in total. The third-order valence-electron chi connectivity index (χ3n) is 9.98. The normalized spacial score (nSPS) is 11.5. The highest BCUT2D eigenvalue weighted by molar-refractivity contribution is 6.21. The molecule has 8 aromatic carbocycles. The minimum Gasteiger partial charge on any atom is -0.309 e. The highest BCUT2D eigenvalue weighted by Crippen LogP contribution is 2.39. The maximum Gasteiger partial charge on any atom is 0.160 e. The summed E-state index contributed by atoms with van der Waals surface area (Å²) < 4.78 is 2.38. The maximum atomic E-state index is 5.05. The van der Waals surface area contributed by atoms with Gasteiger partial charge in [0.2, 0.25) is 0 Å². The van der Waals surface area contributed by atoms with Crippen LogP contribution in [0.4, 0.5) is 0 Å². The van der Waals surface area contributed by atoms with Crippen LogP contribution in [0.15, 0.2) is 188 Å². The number of benzene rings is 8. The van der Waals surface area contributed by atoms with Gasteiger partial charge in [-0.15, -0.1) is 0 Å². The van der Waals surface area contributed by atoms with Gasteiger partial charge in [-0.25, -0.2) is 9.97 Å². The molecule has 0 radical (unpaired) electrons. The predicted octanol–water partition coefficient (Wildman–Crippen LogP) is 12.5. The summed E-state index contributed by atoms with van der Waals surface area (Å²) in [6, 6.07) is 66.8. The summed E-state index contributed by atoms with van der Waals surface area (Å²) in [5.74, 6) is 0.706. The lowest BCUT2D eigenvalue weighted by atomic mass is 9.97. The van der Waals surface area contributed by atoms with E-state index in [9.17, 15) is 0 Å². The van der Waals surface area contributed by atoms with Crippen LogP contribution >= 0.6 is 0 Å². The Labute approximate surface area is 295 Å². The highest BCUT2D eigenvalue weighted by atomic mass is 15.0. The van der Waals surface area contributed by atoms with Crippen LogP contribution in [0.25, 0.3) is 94.1 Å². The second-order valence-electron chi connectivity index (χ2n) is 13.1. The smallest absolute Gasteiger partial charge is 0.160 e. The van der Waals surface area contributed by atoms with Crippen molar-refractivity contribution in [3.05, 3.63) is 188 Å². The number of aromatic nitrogens is 3. The Morgan fingerprint density at radius 1 is 0.333 bits per heavy atom. The van der Waals surface area contributed by atoms with E-state index in [0.29, 0.717) is 5.82 Å². The zero-order valence-electron chi connectivity index (χ0n) is 27.7. The molecule has 0 spiro atoms. The van der Waals surface area contributed by atoms with Crippen LogP contribution in [0, 0.1) is 0 Å². The largest absolute Gasteiger partial charge is 0.309 e. The number of hydrogen-bond acceptors (Lipinski definition) is 2. The zero-order valence-corrected chi connectivity index (χ0v) is 27.7. The molecule has 0 aliphatic heterocycles. The molecule has 0 bridgehead atoms. The van der Waals surface area contributed by atoms with Crippen molar-refractivity contribution in [2.75, 3.05) is 0 Å². The zero-order chi connectivity index (χ0) is 33.7. The molecule has 2 heterocycles. The fraction of sp³-hybridized carbons (Fsp3) is 0. The molecular weight excluding hydrogens is 619 g/mol. The predicted molar refractivity (Wildman–Crippen MR) is 213 cm³/mol. The Bertz CT molecular complexity index is 2830. The van der Waals surface area contributed by atoms with E-state index in [2.05, 4.69) is 156 Å². The Hall–Kier alpha value is -6.84. The van der Waals surface area contributed by atoms with E-state index in [-0.39, 0.29) is 0 Å². The first-order chi connectivity index (χ1) is 25.3. The van der Waals surface area contributed by atoms with E-state index in [1.165, 1.54) is 54.5 Å². The summed E-state index contributed by atoms with van der Waals surface area (Å²) in [5, 5.41) is 7.51. The summed E-state index contributed by atoms with van der Waals surface area (Å²) in [6.07, 6.45) is 0. The van der Waals surface area contributed by atoms with Gasteiger partial charge in [0.25, 0.3) is 0 Å². The lowest BCUT2D eigenvalue weighted by molar-refractivity contribution is 1.16. The molecule has 0 atom stereocenters. The molecule has 238 valence electrons. The lowest BCUT2D eigenvalue weighted by Crippen LogP contribution is -1.97. The van der Waals surface area contributed by atoms with E-state index >= 15 is 0 Å². The van der Waals surface area contributed by atoms with Gasteiger partial charge in [0.05, 0.1) is 22.4 Å². The van der Waals surface area contributed by atoms with Gasteiger partial charge in [-0.3, -0.25) is 0 Å². The van der Waals surface area contributed by atoms with Crippen molar-refractivity contribution in [1.29, 1.82) is 0 Å². The second-order valence-corrected chi connectivity index (χ2v) is 13.1. The van der Waals surface area contributed by atoms with Crippen molar-refractivity contribution < 1.29 is 0 Å². The summed E-state index contributed by atoms with van der Waals surface area (Å²) in [6.45, 7) is 0. The Morgan fingerprint density at radius 3 is 1.63 bits per heavy atom. The van der Waals surface area contributed by atoms with Gasteiger partial charge in [-0.1, -0.05) is 133 Å². The van der Waals surface area contributed by atoms with Gasteiger partial charge in [-0.05, 0) is 87.3 Å². The molecule has 0 aliphatic carbocycles. The molecular formula is C48H31N3. The number of para-hydroxylation sites is 1. The average molecular weight is 650 g/mol. The van der Waals surface area contributed by atoms with Gasteiger partial charge in [0.15, 0.2) is 5.82 Å². The molecule has 0 fully saturated rings. The highest BCUT2D eigenvalue weighted by Gasteiger charge is 2.16. The minimum atomic E-state index is 0.706. The van der Waals surface area contributed by atoms with Crippen LogP contribution in [-0.4, -0.2) is 14.5 Å². The molecule has 2 aromatic heterocycles. The van der Waals surface area contributed by atoms with Crippen LogP contribution < -0.4 is 0 Å². The fourth-order valence-electron chi connectivity index (χ4n) is 7.47. The van der Waals surface area contributed by atoms with Crippen molar-refractivity contribution in [2.45, 2.75) is 0 Å². The van der Waals surface area contributed by atoms with E-state index in [1.807, 2.05) is 36.4 Å². The van der Waals surface area contributed by atoms with Gasteiger partial charge < -0.3 is 4.57 Å². The van der Waals surface area contributed by atoms with Crippen molar-refractivity contribution in [3.63, 3.8) is 0 Å². The molecule has 0 amide bonds. The molecule has 3 nitrogen and oxygen atoms in total. The number of fused-ring (bicyclic) bond motifs is 6. The average Bonchev–Trinajstić information content (AvgIpc) is 3.56. The molecule has 0 unspecified atom stereocenters. The van der Waals surface area contributed by atoms with Gasteiger partial charge in [0, 0.05) is 33.2 Å². The van der Waals surface area contributed by atoms with E-state index in [1.54, 1.807) is 0 Å². The van der Waals surface area contributed by atoms with Crippen LogP contribution in [-0.2, 0) is 0 Å². The molecule has 0 saturated heterocycles. The van der Waals surface area contributed by atoms with Crippen molar-refractivity contribution in [2.24, 2.45) is 0 Å². The van der Waals surface area contributed by atoms with Crippen molar-refractivity contribution in [1.82, 2.24) is 14.5 Å². The van der Waals surface area contributed by atoms with E-state index < -0.39 is 0 Å². The standard InChI is InChI=1S/C48H31N3/c1-3-12-33(13-4-1)43-31-44(34-14-5-2-6-15-34)50-48(49-43)35-21-25-40(26-22-35)51-45-18-10-9-17-42(45)47-41-27-23-38(30-39(41)24-28-46(47)51)37-20-19-32-11-7-8-16-36(32)29-37/h1-31H. The minimum absolute atomic E-state index is 0.706. The quantitative estimate of drug-likeness (QED) is 0.186. The van der Waals surface area contributed by atoms with Crippen molar-refractivity contribution >= 4 is 43.4 Å². The lowest BCUT2D eigenvalue weighted by Gasteiger charge is -2.12. The first-order valence-electron chi connectivity index (χ1n) is 17.3. The van der Waals surface area contributed by atoms with Gasteiger partial charge in [-0.2, -0.15) is 0 Å². The maximum absolute atomic E-state index is 5.05. The third-order valence-corrected chi connectivity index (χ3v) is 9.98. The van der Waals surface area contributed by atoms with Crippen LogP contribution in [0.1, 0.15) is 0 Å². The fourth-order valence-corrected chi connectivity index (χ4v) is 7.47. The SMILES string of the molecule is c1ccc(-c2cc(-c3ccccc3)nc(-c3ccc(-n4c5ccccc5c5c6ccc(-c7ccc8ccccc8c7)cc6ccc54)cc3)n2)cc1.